The van der Waals surface area contributed by atoms with Crippen LogP contribution in [0.3, 0.4) is 0 Å². The van der Waals surface area contributed by atoms with Gasteiger partial charge in [0.1, 0.15) is 16.6 Å². The summed E-state index contributed by atoms with van der Waals surface area (Å²) in [5.41, 5.74) is -0.0153. The molecule has 0 radical (unpaired) electrons. The Bertz CT molecular complexity index is 272. The fraction of sp³-hybridized carbons (Fsp3) is 0.786. The molecule has 3 nitrogen and oxygen atoms in total. The van der Waals surface area contributed by atoms with Gasteiger partial charge in [-0.3, -0.25) is 0 Å². The summed E-state index contributed by atoms with van der Waals surface area (Å²) in [5.74, 6) is -0.102. The van der Waals surface area contributed by atoms with Gasteiger partial charge in [-0.15, -0.1) is 0 Å². The topological polar surface area (TPSA) is 35.5 Å². The van der Waals surface area contributed by atoms with Gasteiger partial charge in [-0.25, -0.2) is 4.79 Å². The Morgan fingerprint density at radius 3 is 2.28 bits per heavy atom. The van der Waals surface area contributed by atoms with Crippen LogP contribution in [0.1, 0.15) is 47.5 Å². The normalized spacial score (nSPS) is 16.9. The second-order valence-electron chi connectivity index (χ2n) is 5.33. The highest BCUT2D eigenvalue weighted by molar-refractivity contribution is 5.98. The fourth-order valence-corrected chi connectivity index (χ4v) is 3.45. The lowest BCUT2D eigenvalue weighted by Crippen LogP contribution is -2.43. The Labute approximate surface area is 114 Å². The molecule has 0 spiro atoms. The number of carbonyl (C=O) groups is 1. The zero-order valence-electron chi connectivity index (χ0n) is 12.7. The predicted octanol–water partition coefficient (Wildman–Crippen LogP) is 2.23. The van der Waals surface area contributed by atoms with E-state index in [9.17, 15) is 4.79 Å². The molecule has 3 unspecified atom stereocenters. The van der Waals surface area contributed by atoms with E-state index >= 15 is 0 Å². The van der Waals surface area contributed by atoms with Crippen molar-refractivity contribution in [2.45, 2.75) is 59.7 Å². The molecular formula is C14H28O3Si. The van der Waals surface area contributed by atoms with Crippen LogP contribution in [0, 0.1) is 11.3 Å². The number of esters is 1. The quantitative estimate of drug-likeness (QED) is 0.386. The monoisotopic (exact) mass is 272 g/mol. The van der Waals surface area contributed by atoms with Crippen LogP contribution in [-0.4, -0.2) is 28.7 Å². The van der Waals surface area contributed by atoms with E-state index in [1.807, 2.05) is 6.92 Å². The summed E-state index contributed by atoms with van der Waals surface area (Å²) in [6.45, 7) is 14.1. The zero-order chi connectivity index (χ0) is 14.3. The van der Waals surface area contributed by atoms with Gasteiger partial charge in [0.2, 0.25) is 0 Å². The smallest absolute Gasteiger partial charge is 0.330 e. The molecule has 0 aromatic rings. The van der Waals surface area contributed by atoms with Gasteiger partial charge in [0.05, 0.1) is 0 Å². The number of rotatable bonds is 8. The van der Waals surface area contributed by atoms with E-state index in [-0.39, 0.29) is 29.5 Å². The van der Waals surface area contributed by atoms with E-state index in [1.54, 1.807) is 0 Å². The lowest BCUT2D eigenvalue weighted by Gasteiger charge is -2.41. The maximum absolute atomic E-state index is 11.4. The Kier molecular flexibility index (Phi) is 7.48. The summed E-state index contributed by atoms with van der Waals surface area (Å²) in [6.07, 6.45) is 3.14. The minimum Gasteiger partial charge on any atom is -0.459 e. The van der Waals surface area contributed by atoms with Crippen LogP contribution in [-0.2, 0) is 14.0 Å². The molecule has 0 aliphatic carbocycles. The highest BCUT2D eigenvalue weighted by Crippen LogP contribution is 2.37. The molecule has 0 aliphatic heterocycles. The van der Waals surface area contributed by atoms with Gasteiger partial charge in [0, 0.05) is 18.1 Å². The molecule has 0 aromatic carbocycles. The molecule has 0 rings (SSSR count). The maximum Gasteiger partial charge on any atom is 0.330 e. The Hall–Kier alpha value is -0.613. The molecule has 106 valence electrons. The fourth-order valence-electron chi connectivity index (χ4n) is 2.51. The molecule has 18 heavy (non-hydrogen) atoms. The van der Waals surface area contributed by atoms with E-state index in [0.717, 1.165) is 23.3 Å². The second-order valence-corrected chi connectivity index (χ2v) is 5.80. The first-order valence-electron chi connectivity index (χ1n) is 6.70. The minimum absolute atomic E-state index is 0.0153. The molecule has 0 heterocycles. The van der Waals surface area contributed by atoms with E-state index in [0.29, 0.717) is 0 Å². The molecule has 3 atom stereocenters. The average molecular weight is 272 g/mol. The van der Waals surface area contributed by atoms with Crippen molar-refractivity contribution in [1.29, 1.82) is 0 Å². The van der Waals surface area contributed by atoms with Crippen LogP contribution < -0.4 is 0 Å². The first kappa shape index (κ1) is 17.4. The van der Waals surface area contributed by atoms with Crippen molar-refractivity contribution >= 4 is 16.5 Å². The third-order valence-electron chi connectivity index (χ3n) is 4.05. The van der Waals surface area contributed by atoms with Gasteiger partial charge in [-0.2, -0.15) is 0 Å². The number of ether oxygens (including phenoxy) is 1. The number of hydrogen-bond acceptors (Lipinski definition) is 3. The summed E-state index contributed by atoms with van der Waals surface area (Å²) >= 11 is 0. The van der Waals surface area contributed by atoms with Crippen LogP contribution in [0.4, 0.5) is 0 Å². The molecule has 0 saturated carbocycles. The summed E-state index contributed by atoms with van der Waals surface area (Å²) in [5, 5.41) is 0. The summed E-state index contributed by atoms with van der Waals surface area (Å²) in [4.78, 5) is 11.4. The van der Waals surface area contributed by atoms with Crippen LogP contribution in [0.2, 0.25) is 0 Å². The third-order valence-corrected chi connectivity index (χ3v) is 4.62. The Balaban J connectivity index is 4.89. The van der Waals surface area contributed by atoms with Crippen LogP contribution in [0.15, 0.2) is 12.7 Å². The lowest BCUT2D eigenvalue weighted by atomic mass is 9.71. The van der Waals surface area contributed by atoms with Gasteiger partial charge < -0.3 is 9.16 Å². The van der Waals surface area contributed by atoms with E-state index in [2.05, 4.69) is 34.3 Å². The van der Waals surface area contributed by atoms with Gasteiger partial charge >= 0.3 is 5.97 Å². The van der Waals surface area contributed by atoms with Gasteiger partial charge in [0.15, 0.2) is 0 Å². The molecule has 0 N–H and O–H groups in total. The van der Waals surface area contributed by atoms with Crippen LogP contribution in [0.25, 0.3) is 0 Å². The predicted molar refractivity (Wildman–Crippen MR) is 78.4 cm³/mol. The van der Waals surface area contributed by atoms with Crippen molar-refractivity contribution in [3.63, 3.8) is 0 Å². The summed E-state index contributed by atoms with van der Waals surface area (Å²) < 4.78 is 11.1. The van der Waals surface area contributed by atoms with Gasteiger partial charge in [-0.1, -0.05) is 41.2 Å². The third kappa shape index (κ3) is 4.25. The standard InChI is InChI=1S/C14H28O3Si/c1-7-11(16-13(15)9-3)10(4)14(5,6)12(8-2)17-18/h9-12H,3,7-8H2,1-2,4-6,18H3. The molecule has 0 aliphatic rings. The van der Waals surface area contributed by atoms with Crippen molar-refractivity contribution < 1.29 is 14.0 Å². The maximum atomic E-state index is 11.4. The SMILES string of the molecule is C=CC(=O)OC(CC)C(C)C(C)(C)C(CC)O[SiH3]. The largest absolute Gasteiger partial charge is 0.459 e. The van der Waals surface area contributed by atoms with Gasteiger partial charge in [0.25, 0.3) is 0 Å². The lowest BCUT2D eigenvalue weighted by molar-refractivity contribution is -0.150. The number of carbonyl (C=O) groups excluding carboxylic acids is 1. The summed E-state index contributed by atoms with van der Waals surface area (Å²) in [7, 11) is 0.731. The minimum atomic E-state index is -0.343. The summed E-state index contributed by atoms with van der Waals surface area (Å²) in [6, 6.07) is 0. The van der Waals surface area contributed by atoms with E-state index < -0.39 is 0 Å². The van der Waals surface area contributed by atoms with Crippen molar-refractivity contribution in [2.75, 3.05) is 0 Å². The Morgan fingerprint density at radius 2 is 1.94 bits per heavy atom. The van der Waals surface area contributed by atoms with Crippen molar-refractivity contribution in [1.82, 2.24) is 0 Å². The molecule has 0 fully saturated rings. The van der Waals surface area contributed by atoms with Crippen LogP contribution in [0.5, 0.6) is 0 Å². The van der Waals surface area contributed by atoms with Crippen molar-refractivity contribution in [2.24, 2.45) is 11.3 Å². The average Bonchev–Trinajstić information content (AvgIpc) is 2.35. The Morgan fingerprint density at radius 1 is 1.39 bits per heavy atom. The molecule has 0 bridgehead atoms. The first-order valence-corrected chi connectivity index (χ1v) is 7.52. The molecule has 0 saturated heterocycles. The first-order chi connectivity index (χ1) is 8.34. The van der Waals surface area contributed by atoms with E-state index in [1.165, 1.54) is 6.08 Å². The van der Waals surface area contributed by atoms with Gasteiger partial charge in [-0.05, 0) is 18.3 Å². The van der Waals surface area contributed by atoms with Crippen molar-refractivity contribution in [3.05, 3.63) is 12.7 Å². The molecular weight excluding hydrogens is 244 g/mol. The highest BCUT2D eigenvalue weighted by Gasteiger charge is 2.38. The zero-order valence-corrected chi connectivity index (χ0v) is 14.7. The van der Waals surface area contributed by atoms with E-state index in [4.69, 9.17) is 9.16 Å². The molecule has 4 heteroatoms. The van der Waals surface area contributed by atoms with Crippen molar-refractivity contribution in [3.8, 4) is 0 Å². The highest BCUT2D eigenvalue weighted by atomic mass is 28.2. The second kappa shape index (κ2) is 7.74. The molecule has 0 amide bonds. The molecule has 0 aromatic heterocycles. The van der Waals surface area contributed by atoms with Crippen LogP contribution >= 0.6 is 0 Å². The number of hydrogen-bond donors (Lipinski definition) is 0.